The topological polar surface area (TPSA) is 50.4 Å². The number of hydrogen-bond donors (Lipinski definition) is 1. The van der Waals surface area contributed by atoms with Gasteiger partial charge in [-0.05, 0) is 18.6 Å². The van der Waals surface area contributed by atoms with Crippen molar-refractivity contribution >= 4 is 32.9 Å². The average molecular weight is 269 g/mol. The zero-order valence-corrected chi connectivity index (χ0v) is 9.67. The van der Waals surface area contributed by atoms with Gasteiger partial charge in [0.1, 0.15) is 5.58 Å². The number of alkyl halides is 1. The third-order valence-electron chi connectivity index (χ3n) is 2.38. The maximum absolute atomic E-state index is 10.9. The van der Waals surface area contributed by atoms with Crippen molar-refractivity contribution in [3.63, 3.8) is 0 Å². The van der Waals surface area contributed by atoms with Gasteiger partial charge >= 0.3 is 5.97 Å². The van der Waals surface area contributed by atoms with Gasteiger partial charge in [-0.2, -0.15) is 0 Å². The van der Waals surface area contributed by atoms with Gasteiger partial charge in [0.15, 0.2) is 0 Å². The second-order valence-corrected chi connectivity index (χ2v) is 3.85. The summed E-state index contributed by atoms with van der Waals surface area (Å²) in [6, 6.07) is 5.58. The Bertz CT molecular complexity index is 528. The van der Waals surface area contributed by atoms with E-state index in [4.69, 9.17) is 9.52 Å². The number of aryl methyl sites for hydroxylation is 1. The lowest BCUT2D eigenvalue weighted by molar-refractivity contribution is 0.0664. The van der Waals surface area contributed by atoms with Crippen molar-refractivity contribution in [3.8, 4) is 0 Å². The van der Waals surface area contributed by atoms with Crippen LogP contribution in [-0.4, -0.2) is 11.1 Å². The third-order valence-corrected chi connectivity index (χ3v) is 2.98. The lowest BCUT2D eigenvalue weighted by Crippen LogP contribution is -1.95. The summed E-state index contributed by atoms with van der Waals surface area (Å²) >= 11 is 3.37. The minimum atomic E-state index is -1.02. The number of halogens is 1. The molecule has 0 spiro atoms. The first-order valence-electron chi connectivity index (χ1n) is 4.45. The highest BCUT2D eigenvalue weighted by Crippen LogP contribution is 2.29. The molecular weight excluding hydrogens is 260 g/mol. The van der Waals surface area contributed by atoms with Gasteiger partial charge in [-0.3, -0.25) is 0 Å². The van der Waals surface area contributed by atoms with Gasteiger partial charge in [0.05, 0.1) is 0 Å². The van der Waals surface area contributed by atoms with Crippen LogP contribution in [0, 0.1) is 6.92 Å². The Morgan fingerprint density at radius 1 is 1.53 bits per heavy atom. The maximum atomic E-state index is 10.9. The van der Waals surface area contributed by atoms with Crippen molar-refractivity contribution in [1.82, 2.24) is 0 Å². The van der Waals surface area contributed by atoms with Gasteiger partial charge < -0.3 is 9.52 Å². The van der Waals surface area contributed by atoms with Crippen LogP contribution in [0.4, 0.5) is 0 Å². The lowest BCUT2D eigenvalue weighted by Gasteiger charge is -1.97. The maximum Gasteiger partial charge on any atom is 0.372 e. The van der Waals surface area contributed by atoms with E-state index in [0.717, 1.165) is 10.9 Å². The molecule has 0 atom stereocenters. The molecule has 15 heavy (non-hydrogen) atoms. The van der Waals surface area contributed by atoms with Crippen LogP contribution >= 0.6 is 15.9 Å². The molecule has 1 aromatic heterocycles. The highest BCUT2D eigenvalue weighted by atomic mass is 79.9. The van der Waals surface area contributed by atoms with Crippen molar-refractivity contribution in [2.75, 3.05) is 0 Å². The molecule has 0 bridgehead atoms. The summed E-state index contributed by atoms with van der Waals surface area (Å²) in [5.74, 6) is -0.998. The van der Waals surface area contributed by atoms with Crippen LogP contribution in [-0.2, 0) is 5.33 Å². The van der Waals surface area contributed by atoms with Gasteiger partial charge in [0.25, 0.3) is 0 Å². The Kier molecular flexibility index (Phi) is 2.52. The third kappa shape index (κ3) is 1.55. The van der Waals surface area contributed by atoms with Crippen LogP contribution < -0.4 is 0 Å². The highest BCUT2D eigenvalue weighted by molar-refractivity contribution is 9.08. The second kappa shape index (κ2) is 3.70. The highest BCUT2D eigenvalue weighted by Gasteiger charge is 2.17. The predicted molar refractivity (Wildman–Crippen MR) is 60.5 cm³/mol. The summed E-state index contributed by atoms with van der Waals surface area (Å²) in [6.07, 6.45) is 0. The smallest absolute Gasteiger partial charge is 0.372 e. The number of furan rings is 1. The molecule has 0 fully saturated rings. The zero-order chi connectivity index (χ0) is 11.0. The van der Waals surface area contributed by atoms with E-state index >= 15 is 0 Å². The Balaban J connectivity index is 2.82. The summed E-state index contributed by atoms with van der Waals surface area (Å²) < 4.78 is 5.28. The number of hydrogen-bond acceptors (Lipinski definition) is 2. The summed E-state index contributed by atoms with van der Waals surface area (Å²) in [5.41, 5.74) is 2.36. The minimum absolute atomic E-state index is 0.0263. The number of carboxylic acids is 1. The first kappa shape index (κ1) is 10.2. The molecule has 0 amide bonds. The van der Waals surface area contributed by atoms with Gasteiger partial charge in [0, 0.05) is 16.3 Å². The number of fused-ring (bicyclic) bond motifs is 1. The molecule has 0 aliphatic rings. The fraction of sp³-hybridized carbons (Fsp3) is 0.182. The minimum Gasteiger partial charge on any atom is -0.475 e. The van der Waals surface area contributed by atoms with E-state index in [0.29, 0.717) is 16.5 Å². The summed E-state index contributed by atoms with van der Waals surface area (Å²) in [4.78, 5) is 10.9. The van der Waals surface area contributed by atoms with E-state index in [1.165, 1.54) is 0 Å². The van der Waals surface area contributed by atoms with Crippen LogP contribution in [0.15, 0.2) is 22.6 Å². The monoisotopic (exact) mass is 268 g/mol. The molecule has 0 unspecified atom stereocenters. The Labute approximate surface area is 94.8 Å². The number of benzene rings is 1. The lowest BCUT2D eigenvalue weighted by atomic mass is 10.1. The molecular formula is C11H9BrO3. The molecule has 3 nitrogen and oxygen atoms in total. The average Bonchev–Trinajstić information content (AvgIpc) is 2.56. The van der Waals surface area contributed by atoms with E-state index in [-0.39, 0.29) is 5.76 Å². The molecule has 0 aliphatic heterocycles. The van der Waals surface area contributed by atoms with Gasteiger partial charge in [-0.25, -0.2) is 4.79 Å². The summed E-state index contributed by atoms with van der Waals surface area (Å²) in [7, 11) is 0. The van der Waals surface area contributed by atoms with Crippen molar-refractivity contribution in [1.29, 1.82) is 0 Å². The van der Waals surface area contributed by atoms with E-state index < -0.39 is 5.97 Å². The van der Waals surface area contributed by atoms with Crippen LogP contribution in [0.25, 0.3) is 11.0 Å². The zero-order valence-electron chi connectivity index (χ0n) is 8.08. The van der Waals surface area contributed by atoms with E-state index in [2.05, 4.69) is 15.9 Å². The molecule has 4 heteroatoms. The first-order chi connectivity index (χ1) is 7.15. The van der Waals surface area contributed by atoms with E-state index in [1.54, 1.807) is 13.0 Å². The van der Waals surface area contributed by atoms with Crippen LogP contribution in [0.2, 0.25) is 0 Å². The molecule has 0 saturated heterocycles. The molecule has 0 aliphatic carbocycles. The van der Waals surface area contributed by atoms with Crippen molar-refractivity contribution in [2.45, 2.75) is 12.3 Å². The molecule has 0 saturated carbocycles. The second-order valence-electron chi connectivity index (χ2n) is 3.29. The number of aromatic carboxylic acids is 1. The standard InChI is InChI=1S/C11H9BrO3/c1-6-9-7(5-12)3-2-4-8(9)15-10(6)11(13)14/h2-4H,5H2,1H3,(H,13,14). The number of carboxylic acid groups (broad SMARTS) is 1. The fourth-order valence-electron chi connectivity index (χ4n) is 1.70. The molecule has 1 N–H and O–H groups in total. The van der Waals surface area contributed by atoms with Gasteiger partial charge in [0.2, 0.25) is 5.76 Å². The SMILES string of the molecule is Cc1c(C(=O)O)oc2cccc(CBr)c12. The summed E-state index contributed by atoms with van der Waals surface area (Å²) in [6.45, 7) is 1.77. The van der Waals surface area contributed by atoms with Crippen LogP contribution in [0.1, 0.15) is 21.7 Å². The molecule has 2 rings (SSSR count). The van der Waals surface area contributed by atoms with Gasteiger partial charge in [-0.15, -0.1) is 0 Å². The molecule has 78 valence electrons. The molecule has 0 radical (unpaired) electrons. The first-order valence-corrected chi connectivity index (χ1v) is 5.57. The van der Waals surface area contributed by atoms with Crippen LogP contribution in [0.5, 0.6) is 0 Å². The normalized spacial score (nSPS) is 10.8. The number of rotatable bonds is 2. The van der Waals surface area contributed by atoms with Crippen molar-refractivity contribution in [2.24, 2.45) is 0 Å². The van der Waals surface area contributed by atoms with Gasteiger partial charge in [-0.1, -0.05) is 28.1 Å². The van der Waals surface area contributed by atoms with Crippen LogP contribution in [0.3, 0.4) is 0 Å². The Morgan fingerprint density at radius 3 is 2.87 bits per heavy atom. The van der Waals surface area contributed by atoms with Crippen molar-refractivity contribution < 1.29 is 14.3 Å². The Hall–Kier alpha value is -1.29. The quantitative estimate of drug-likeness (QED) is 0.850. The largest absolute Gasteiger partial charge is 0.475 e. The number of carbonyl (C=O) groups is 1. The molecule has 2 aromatic rings. The predicted octanol–water partition coefficient (Wildman–Crippen LogP) is 3.33. The molecule has 1 heterocycles. The van der Waals surface area contributed by atoms with E-state index in [9.17, 15) is 4.79 Å². The van der Waals surface area contributed by atoms with Crippen molar-refractivity contribution in [3.05, 3.63) is 35.1 Å². The Morgan fingerprint density at radius 2 is 2.27 bits per heavy atom. The van der Waals surface area contributed by atoms with E-state index in [1.807, 2.05) is 12.1 Å². The molecule has 1 aromatic carbocycles. The fourth-order valence-corrected chi connectivity index (χ4v) is 2.17. The summed E-state index contributed by atoms with van der Waals surface area (Å²) in [5, 5.41) is 10.5.